The maximum absolute atomic E-state index is 13.5. The minimum absolute atomic E-state index is 0.0980. The Morgan fingerprint density at radius 3 is 2.19 bits per heavy atom. The quantitative estimate of drug-likeness (QED) is 0.501. The first-order valence-corrected chi connectivity index (χ1v) is 9.05. The van der Waals surface area contributed by atoms with Crippen molar-refractivity contribution in [3.05, 3.63) is 106 Å². The Hall–Kier alpha value is -2.93. The number of hydrogen-bond acceptors (Lipinski definition) is 1. The van der Waals surface area contributed by atoms with E-state index >= 15 is 0 Å². The van der Waals surface area contributed by atoms with Crippen molar-refractivity contribution in [2.45, 2.75) is 26.7 Å². The summed E-state index contributed by atoms with van der Waals surface area (Å²) in [5.74, 6) is 0.267. The van der Waals surface area contributed by atoms with Crippen LogP contribution in [0.4, 0.5) is 0 Å². The first-order valence-electron chi connectivity index (χ1n) is 9.05. The molecule has 1 heteroatoms. The van der Waals surface area contributed by atoms with Crippen molar-refractivity contribution in [3.63, 3.8) is 0 Å². The van der Waals surface area contributed by atoms with Crippen molar-refractivity contribution in [1.29, 1.82) is 0 Å². The summed E-state index contributed by atoms with van der Waals surface area (Å²) in [7, 11) is 0. The zero-order chi connectivity index (χ0) is 18.3. The van der Waals surface area contributed by atoms with E-state index in [1.54, 1.807) is 0 Å². The molecule has 0 N–H and O–H groups in total. The Balaban J connectivity index is 1.99. The fraction of sp³-hybridized carbons (Fsp3) is 0.160. The van der Waals surface area contributed by atoms with Crippen LogP contribution in [0.5, 0.6) is 0 Å². The zero-order valence-corrected chi connectivity index (χ0v) is 15.4. The molecule has 0 bridgehead atoms. The maximum Gasteiger partial charge on any atom is 0.193 e. The summed E-state index contributed by atoms with van der Waals surface area (Å²) in [5.41, 5.74) is 6.64. The number of fused-ring (bicyclic) bond motifs is 1. The van der Waals surface area contributed by atoms with Crippen molar-refractivity contribution in [2.24, 2.45) is 0 Å². The van der Waals surface area contributed by atoms with Gasteiger partial charge in [-0.15, -0.1) is 0 Å². The second-order valence-electron chi connectivity index (χ2n) is 7.08. The van der Waals surface area contributed by atoms with E-state index in [1.807, 2.05) is 42.5 Å². The highest BCUT2D eigenvalue weighted by Crippen LogP contribution is 2.41. The number of carbonyl (C=O) groups excluding carboxylic acids is 1. The maximum atomic E-state index is 13.5. The number of ketones is 1. The third-order valence-corrected chi connectivity index (χ3v) is 5.63. The predicted molar refractivity (Wildman–Crippen MR) is 109 cm³/mol. The molecule has 0 heterocycles. The third kappa shape index (κ3) is 2.61. The van der Waals surface area contributed by atoms with Crippen molar-refractivity contribution >= 4 is 16.6 Å². The SMILES string of the molecule is CC1=CC(c2ccc3ccccc3c2C(=O)c2ccccc2)C(C)=C1C. The summed E-state index contributed by atoms with van der Waals surface area (Å²) in [4.78, 5) is 13.5. The summed E-state index contributed by atoms with van der Waals surface area (Å²) in [6, 6.07) is 22.0. The Labute approximate surface area is 154 Å². The second-order valence-corrected chi connectivity index (χ2v) is 7.08. The van der Waals surface area contributed by atoms with Crippen LogP contribution in [0.15, 0.2) is 89.5 Å². The second kappa shape index (κ2) is 6.42. The summed E-state index contributed by atoms with van der Waals surface area (Å²) in [6.07, 6.45) is 2.29. The molecule has 1 nitrogen and oxygen atoms in total. The highest BCUT2D eigenvalue weighted by Gasteiger charge is 2.26. The Kier molecular flexibility index (Phi) is 4.08. The van der Waals surface area contributed by atoms with Gasteiger partial charge in [-0.2, -0.15) is 0 Å². The molecule has 4 rings (SSSR count). The highest BCUT2D eigenvalue weighted by atomic mass is 16.1. The lowest BCUT2D eigenvalue weighted by molar-refractivity contribution is 0.103. The van der Waals surface area contributed by atoms with Gasteiger partial charge in [0.25, 0.3) is 0 Å². The highest BCUT2D eigenvalue weighted by molar-refractivity contribution is 6.17. The molecular weight excluding hydrogens is 316 g/mol. The van der Waals surface area contributed by atoms with Crippen LogP contribution in [-0.4, -0.2) is 5.78 Å². The Bertz CT molecular complexity index is 1070. The van der Waals surface area contributed by atoms with Crippen LogP contribution in [0.2, 0.25) is 0 Å². The number of allylic oxidation sites excluding steroid dienone is 4. The fourth-order valence-electron chi connectivity index (χ4n) is 3.90. The standard InChI is InChI=1S/C25H22O/c1-16-15-23(18(3)17(16)2)22-14-13-19-9-7-8-12-21(19)24(22)25(26)20-10-5-4-6-11-20/h4-15,23H,1-3H3. The van der Waals surface area contributed by atoms with Gasteiger partial charge in [0.15, 0.2) is 5.78 Å². The van der Waals surface area contributed by atoms with Crippen molar-refractivity contribution in [3.8, 4) is 0 Å². The first kappa shape index (κ1) is 16.5. The average Bonchev–Trinajstić information content (AvgIpc) is 2.94. The molecule has 0 spiro atoms. The Morgan fingerprint density at radius 2 is 1.50 bits per heavy atom. The van der Waals surface area contributed by atoms with Gasteiger partial charge in [0.05, 0.1) is 0 Å². The lowest BCUT2D eigenvalue weighted by Gasteiger charge is -2.18. The largest absolute Gasteiger partial charge is 0.289 e. The normalized spacial score (nSPS) is 16.9. The van der Waals surface area contributed by atoms with Crippen molar-refractivity contribution in [1.82, 2.24) is 0 Å². The van der Waals surface area contributed by atoms with Crippen molar-refractivity contribution < 1.29 is 4.79 Å². The number of carbonyl (C=O) groups is 1. The molecule has 128 valence electrons. The summed E-state index contributed by atoms with van der Waals surface area (Å²) in [5, 5.41) is 2.13. The van der Waals surface area contributed by atoms with Gasteiger partial charge < -0.3 is 0 Å². The van der Waals surface area contributed by atoms with Gasteiger partial charge in [0.1, 0.15) is 0 Å². The molecular formula is C25H22O. The molecule has 3 aromatic carbocycles. The van der Waals surface area contributed by atoms with Crippen LogP contribution < -0.4 is 0 Å². The average molecular weight is 338 g/mol. The minimum atomic E-state index is 0.0980. The minimum Gasteiger partial charge on any atom is -0.289 e. The molecule has 3 aromatic rings. The summed E-state index contributed by atoms with van der Waals surface area (Å²) >= 11 is 0. The van der Waals surface area contributed by atoms with Crippen LogP contribution in [0.1, 0.15) is 48.2 Å². The van der Waals surface area contributed by atoms with Gasteiger partial charge in [0.2, 0.25) is 0 Å². The molecule has 0 radical (unpaired) electrons. The molecule has 0 aliphatic heterocycles. The van der Waals surface area contributed by atoms with Gasteiger partial charge in [-0.3, -0.25) is 4.79 Å². The van der Waals surface area contributed by atoms with Crippen LogP contribution in [0, 0.1) is 0 Å². The predicted octanol–water partition coefficient (Wildman–Crippen LogP) is 6.45. The van der Waals surface area contributed by atoms with Gasteiger partial charge in [-0.1, -0.05) is 84.0 Å². The van der Waals surface area contributed by atoms with E-state index < -0.39 is 0 Å². The van der Waals surface area contributed by atoms with Crippen LogP contribution in [0.3, 0.4) is 0 Å². The number of rotatable bonds is 3. The van der Waals surface area contributed by atoms with E-state index in [1.165, 1.54) is 16.7 Å². The first-order chi connectivity index (χ1) is 12.6. The van der Waals surface area contributed by atoms with E-state index in [0.29, 0.717) is 0 Å². The fourth-order valence-corrected chi connectivity index (χ4v) is 3.90. The van der Waals surface area contributed by atoms with Gasteiger partial charge in [-0.25, -0.2) is 0 Å². The molecule has 0 fully saturated rings. The lowest BCUT2D eigenvalue weighted by Crippen LogP contribution is -2.09. The molecule has 0 aromatic heterocycles. The van der Waals surface area contributed by atoms with E-state index in [-0.39, 0.29) is 11.7 Å². The van der Waals surface area contributed by atoms with Gasteiger partial charge in [-0.05, 0) is 42.7 Å². The molecule has 1 aliphatic carbocycles. The van der Waals surface area contributed by atoms with E-state index in [2.05, 4.69) is 51.1 Å². The third-order valence-electron chi connectivity index (χ3n) is 5.63. The summed E-state index contributed by atoms with van der Waals surface area (Å²) in [6.45, 7) is 6.50. The monoisotopic (exact) mass is 338 g/mol. The van der Waals surface area contributed by atoms with Crippen LogP contribution in [-0.2, 0) is 0 Å². The van der Waals surface area contributed by atoms with E-state index in [0.717, 1.165) is 27.5 Å². The van der Waals surface area contributed by atoms with Crippen molar-refractivity contribution in [2.75, 3.05) is 0 Å². The zero-order valence-electron chi connectivity index (χ0n) is 15.4. The number of hydrogen-bond donors (Lipinski definition) is 0. The Morgan fingerprint density at radius 1 is 0.808 bits per heavy atom. The molecule has 1 atom stereocenters. The molecule has 1 aliphatic rings. The van der Waals surface area contributed by atoms with Gasteiger partial charge in [0, 0.05) is 17.0 Å². The molecule has 0 saturated carbocycles. The number of benzene rings is 3. The molecule has 1 unspecified atom stereocenters. The van der Waals surface area contributed by atoms with Gasteiger partial charge >= 0.3 is 0 Å². The van der Waals surface area contributed by atoms with E-state index in [9.17, 15) is 4.79 Å². The molecule has 0 amide bonds. The topological polar surface area (TPSA) is 17.1 Å². The van der Waals surface area contributed by atoms with Crippen LogP contribution in [0.25, 0.3) is 10.8 Å². The molecule has 26 heavy (non-hydrogen) atoms. The molecule has 0 saturated heterocycles. The summed E-state index contributed by atoms with van der Waals surface area (Å²) < 4.78 is 0. The van der Waals surface area contributed by atoms with E-state index in [4.69, 9.17) is 0 Å². The lowest BCUT2D eigenvalue weighted by atomic mass is 9.84. The smallest absolute Gasteiger partial charge is 0.193 e. The van der Waals surface area contributed by atoms with Crippen LogP contribution >= 0.6 is 0 Å².